The quantitative estimate of drug-likeness (QED) is 0.692. The Kier molecular flexibility index (Phi) is 5.38. The fourth-order valence-electron chi connectivity index (χ4n) is 3.38. The van der Waals surface area contributed by atoms with Crippen molar-refractivity contribution in [2.45, 2.75) is 6.42 Å². The molecule has 0 saturated carbocycles. The molecule has 4 rings (SSSR count). The number of hydrogen-bond donors (Lipinski definition) is 1. The number of nitrogens with one attached hydrogen (secondary N) is 1. The Balaban J connectivity index is 1.48. The number of morpholine rings is 1. The summed E-state index contributed by atoms with van der Waals surface area (Å²) in [7, 11) is 0. The molecule has 1 N–H and O–H groups in total. The van der Waals surface area contributed by atoms with Crippen molar-refractivity contribution in [1.82, 2.24) is 15.1 Å². The first-order chi connectivity index (χ1) is 12.9. The number of aromatic nitrogens is 2. The van der Waals surface area contributed by atoms with Crippen LogP contribution in [0, 0.1) is 0 Å². The molecule has 1 saturated heterocycles. The zero-order chi connectivity index (χ0) is 17.6. The van der Waals surface area contributed by atoms with E-state index in [4.69, 9.17) is 4.74 Å². The van der Waals surface area contributed by atoms with Crippen LogP contribution in [-0.2, 0) is 4.74 Å². The zero-order valence-corrected chi connectivity index (χ0v) is 14.9. The van der Waals surface area contributed by atoms with E-state index in [0.717, 1.165) is 73.7 Å². The van der Waals surface area contributed by atoms with Gasteiger partial charge in [0.05, 0.1) is 13.2 Å². The molecule has 1 aromatic heterocycles. The normalized spacial score (nSPS) is 15.2. The summed E-state index contributed by atoms with van der Waals surface area (Å²) in [5.41, 5.74) is 2.02. The smallest absolute Gasteiger partial charge is 0.156 e. The average molecular weight is 348 g/mol. The number of rotatable bonds is 6. The van der Waals surface area contributed by atoms with Gasteiger partial charge in [0.2, 0.25) is 0 Å². The second kappa shape index (κ2) is 8.25. The van der Waals surface area contributed by atoms with Crippen molar-refractivity contribution < 1.29 is 4.74 Å². The lowest BCUT2D eigenvalue weighted by molar-refractivity contribution is 0.0378. The molecule has 2 heterocycles. The van der Waals surface area contributed by atoms with E-state index in [2.05, 4.69) is 56.8 Å². The molecule has 0 unspecified atom stereocenters. The molecule has 5 nitrogen and oxygen atoms in total. The van der Waals surface area contributed by atoms with Crippen LogP contribution >= 0.6 is 0 Å². The van der Waals surface area contributed by atoms with E-state index in [9.17, 15) is 0 Å². The minimum atomic E-state index is 0.852. The number of ether oxygens (including phenoxy) is 1. The number of fused-ring (bicyclic) bond motifs is 1. The van der Waals surface area contributed by atoms with E-state index in [1.807, 2.05) is 18.2 Å². The van der Waals surface area contributed by atoms with Crippen molar-refractivity contribution in [2.75, 3.05) is 44.7 Å². The number of hydrogen-bond acceptors (Lipinski definition) is 5. The highest BCUT2D eigenvalue weighted by Gasteiger charge is 2.11. The fraction of sp³-hybridized carbons (Fsp3) is 0.333. The Hall–Kier alpha value is -2.50. The van der Waals surface area contributed by atoms with E-state index in [0.29, 0.717) is 0 Å². The second-order valence-electron chi connectivity index (χ2n) is 6.54. The molecule has 26 heavy (non-hydrogen) atoms. The van der Waals surface area contributed by atoms with Crippen molar-refractivity contribution in [3.8, 4) is 11.3 Å². The maximum Gasteiger partial charge on any atom is 0.156 e. The summed E-state index contributed by atoms with van der Waals surface area (Å²) in [4.78, 5) is 2.45. The summed E-state index contributed by atoms with van der Waals surface area (Å²) in [6, 6.07) is 18.6. The number of nitrogens with zero attached hydrogens (tertiary/aromatic N) is 3. The molecule has 3 aromatic rings. The van der Waals surface area contributed by atoms with Gasteiger partial charge in [0, 0.05) is 36.0 Å². The van der Waals surface area contributed by atoms with Gasteiger partial charge in [-0.25, -0.2) is 0 Å². The van der Waals surface area contributed by atoms with Crippen LogP contribution in [-0.4, -0.2) is 54.5 Å². The van der Waals surface area contributed by atoms with Crippen molar-refractivity contribution in [3.05, 3.63) is 54.6 Å². The molecule has 2 aromatic carbocycles. The summed E-state index contributed by atoms with van der Waals surface area (Å²) in [5, 5.41) is 14.7. The SMILES string of the molecule is c1ccc(-c2nnc(NCCCN3CCOCC3)c3ccccc23)cc1. The third kappa shape index (κ3) is 3.84. The molecule has 0 radical (unpaired) electrons. The molecule has 1 aliphatic heterocycles. The summed E-state index contributed by atoms with van der Waals surface area (Å²) < 4.78 is 5.40. The number of anilines is 1. The molecule has 0 amide bonds. The van der Waals surface area contributed by atoms with Crippen molar-refractivity contribution >= 4 is 16.6 Å². The first kappa shape index (κ1) is 16.9. The van der Waals surface area contributed by atoms with Crippen LogP contribution in [0.2, 0.25) is 0 Å². The van der Waals surface area contributed by atoms with Crippen LogP contribution in [0.3, 0.4) is 0 Å². The highest BCUT2D eigenvalue weighted by molar-refractivity contribution is 5.99. The lowest BCUT2D eigenvalue weighted by atomic mass is 10.0. The van der Waals surface area contributed by atoms with Crippen LogP contribution in [0.15, 0.2) is 54.6 Å². The van der Waals surface area contributed by atoms with E-state index in [-0.39, 0.29) is 0 Å². The Morgan fingerprint density at radius 1 is 0.885 bits per heavy atom. The Morgan fingerprint density at radius 3 is 2.42 bits per heavy atom. The first-order valence-electron chi connectivity index (χ1n) is 9.26. The molecule has 0 spiro atoms. The summed E-state index contributed by atoms with van der Waals surface area (Å²) >= 11 is 0. The standard InChI is InChI=1S/C21H24N4O/c1-2-7-17(8-3-1)20-18-9-4-5-10-19(18)21(24-23-20)22-11-6-12-25-13-15-26-16-14-25/h1-5,7-10H,6,11-16H2,(H,22,24). The monoisotopic (exact) mass is 348 g/mol. The first-order valence-corrected chi connectivity index (χ1v) is 9.26. The van der Waals surface area contributed by atoms with Crippen LogP contribution in [0.1, 0.15) is 6.42 Å². The topological polar surface area (TPSA) is 50.3 Å². The Bertz CT molecular complexity index is 847. The highest BCUT2D eigenvalue weighted by Crippen LogP contribution is 2.29. The molecule has 134 valence electrons. The summed E-state index contributed by atoms with van der Waals surface area (Å²) in [6.45, 7) is 5.75. The predicted molar refractivity (Wildman–Crippen MR) is 105 cm³/mol. The van der Waals surface area contributed by atoms with Gasteiger partial charge in [-0.15, -0.1) is 10.2 Å². The Labute approximate surface area is 154 Å². The van der Waals surface area contributed by atoms with E-state index >= 15 is 0 Å². The van der Waals surface area contributed by atoms with Gasteiger partial charge in [0.1, 0.15) is 5.69 Å². The van der Waals surface area contributed by atoms with Gasteiger partial charge < -0.3 is 10.1 Å². The molecular weight excluding hydrogens is 324 g/mol. The number of benzene rings is 2. The molecule has 1 fully saturated rings. The molecule has 0 atom stereocenters. The molecule has 0 aliphatic carbocycles. The molecular formula is C21H24N4O. The Morgan fingerprint density at radius 2 is 1.62 bits per heavy atom. The van der Waals surface area contributed by atoms with Gasteiger partial charge in [-0.05, 0) is 13.0 Å². The maximum absolute atomic E-state index is 5.40. The summed E-state index contributed by atoms with van der Waals surface area (Å²) in [6.07, 6.45) is 1.08. The van der Waals surface area contributed by atoms with Crippen molar-refractivity contribution in [2.24, 2.45) is 0 Å². The lowest BCUT2D eigenvalue weighted by Gasteiger charge is -2.26. The minimum Gasteiger partial charge on any atom is -0.379 e. The van der Waals surface area contributed by atoms with Gasteiger partial charge in [-0.1, -0.05) is 54.6 Å². The third-order valence-corrected chi connectivity index (χ3v) is 4.78. The van der Waals surface area contributed by atoms with E-state index in [1.54, 1.807) is 0 Å². The predicted octanol–water partition coefficient (Wildman–Crippen LogP) is 3.43. The zero-order valence-electron chi connectivity index (χ0n) is 14.9. The van der Waals surface area contributed by atoms with Crippen molar-refractivity contribution in [3.63, 3.8) is 0 Å². The van der Waals surface area contributed by atoms with Crippen LogP contribution in [0.4, 0.5) is 5.82 Å². The fourth-order valence-corrected chi connectivity index (χ4v) is 3.38. The second-order valence-corrected chi connectivity index (χ2v) is 6.54. The van der Waals surface area contributed by atoms with E-state index < -0.39 is 0 Å². The molecule has 0 bridgehead atoms. The molecule has 1 aliphatic rings. The molecule has 5 heteroatoms. The minimum absolute atomic E-state index is 0.852. The van der Waals surface area contributed by atoms with E-state index in [1.165, 1.54) is 0 Å². The van der Waals surface area contributed by atoms with Crippen LogP contribution in [0.25, 0.3) is 22.0 Å². The van der Waals surface area contributed by atoms with Crippen LogP contribution in [0.5, 0.6) is 0 Å². The third-order valence-electron chi connectivity index (χ3n) is 4.78. The summed E-state index contributed by atoms with van der Waals surface area (Å²) in [5.74, 6) is 0.863. The lowest BCUT2D eigenvalue weighted by Crippen LogP contribution is -2.37. The maximum atomic E-state index is 5.40. The highest BCUT2D eigenvalue weighted by atomic mass is 16.5. The largest absolute Gasteiger partial charge is 0.379 e. The van der Waals surface area contributed by atoms with Crippen LogP contribution < -0.4 is 5.32 Å². The van der Waals surface area contributed by atoms with Gasteiger partial charge >= 0.3 is 0 Å². The van der Waals surface area contributed by atoms with Gasteiger partial charge in [0.15, 0.2) is 5.82 Å². The van der Waals surface area contributed by atoms with Gasteiger partial charge in [-0.2, -0.15) is 0 Å². The average Bonchev–Trinajstić information content (AvgIpc) is 2.72. The van der Waals surface area contributed by atoms with Crippen molar-refractivity contribution in [1.29, 1.82) is 0 Å². The van der Waals surface area contributed by atoms with Gasteiger partial charge in [-0.3, -0.25) is 4.90 Å². The van der Waals surface area contributed by atoms with Gasteiger partial charge in [0.25, 0.3) is 0 Å².